The van der Waals surface area contributed by atoms with Crippen molar-refractivity contribution in [3.8, 4) is 5.75 Å². The number of anilines is 3. The number of hydrogen-bond donors (Lipinski definition) is 2. The number of hydrogen-bond acceptors (Lipinski definition) is 6. The van der Waals surface area contributed by atoms with Gasteiger partial charge >= 0.3 is 18.4 Å². The van der Waals surface area contributed by atoms with E-state index >= 15 is 0 Å². The fourth-order valence-electron chi connectivity index (χ4n) is 4.11. The van der Waals surface area contributed by atoms with E-state index in [0.717, 1.165) is 17.0 Å². The van der Waals surface area contributed by atoms with E-state index in [1.807, 2.05) is 0 Å². The van der Waals surface area contributed by atoms with E-state index < -0.39 is 35.6 Å². The molecule has 1 aliphatic carbocycles. The molecule has 0 radical (unpaired) electrons. The van der Waals surface area contributed by atoms with Crippen LogP contribution in [-0.2, 0) is 11.3 Å². The number of nitrogens with zero attached hydrogens (tertiary/aromatic N) is 4. The van der Waals surface area contributed by atoms with Crippen molar-refractivity contribution in [3.05, 3.63) is 72.7 Å². The summed E-state index contributed by atoms with van der Waals surface area (Å²) in [6.07, 6.45) is 0.469. The van der Waals surface area contributed by atoms with E-state index in [4.69, 9.17) is 0 Å². The number of nitrogens with one attached hydrogen (secondary N) is 2. The predicted molar refractivity (Wildman–Crippen MR) is 125 cm³/mol. The number of alkyl halides is 3. The molecule has 2 aliphatic rings. The molecule has 0 unspecified atom stereocenters. The number of ether oxygens (including phenoxy) is 1. The summed E-state index contributed by atoms with van der Waals surface area (Å²) in [5.41, 5.74) is -0.0517. The Morgan fingerprint density at radius 2 is 1.78 bits per heavy atom. The number of aromatic nitrogens is 2. The van der Waals surface area contributed by atoms with Crippen LogP contribution in [0.2, 0.25) is 0 Å². The minimum atomic E-state index is -4.86. The second-order valence-electron chi connectivity index (χ2n) is 8.41. The first-order valence-electron chi connectivity index (χ1n) is 11.1. The summed E-state index contributed by atoms with van der Waals surface area (Å²) in [6, 6.07) is 9.99. The fourth-order valence-corrected chi connectivity index (χ4v) is 4.11. The molecule has 3 aromatic rings. The Balaban J connectivity index is 1.34. The van der Waals surface area contributed by atoms with Crippen LogP contribution in [0.1, 0.15) is 18.4 Å². The molecular weight excluding hydrogens is 493 g/mol. The van der Waals surface area contributed by atoms with Gasteiger partial charge in [0.2, 0.25) is 0 Å². The standard InChI is InChI=1S/C24H19F3N6O4/c25-24(26,27)37-17-6-4-16(5-7-17)33-20(34)23(9-10-23)32(22(33)36)14-15-8-12-28-13-18(15)30-21(35)31-19-3-1-2-11-29-19/h1-8,11-13H,9-10,14H2,(H2,29,30,31,35). The Labute approximate surface area is 208 Å². The second kappa shape index (κ2) is 9.08. The zero-order valence-electron chi connectivity index (χ0n) is 19.0. The van der Waals surface area contributed by atoms with Crippen LogP contribution in [0.3, 0.4) is 0 Å². The first kappa shape index (κ1) is 24.0. The summed E-state index contributed by atoms with van der Waals surface area (Å²) in [7, 11) is 0. The van der Waals surface area contributed by atoms with Crippen molar-refractivity contribution in [2.75, 3.05) is 15.5 Å². The highest BCUT2D eigenvalue weighted by molar-refractivity contribution is 6.24. The van der Waals surface area contributed by atoms with Gasteiger partial charge in [0, 0.05) is 12.4 Å². The van der Waals surface area contributed by atoms with Gasteiger partial charge in [0.05, 0.1) is 24.1 Å². The van der Waals surface area contributed by atoms with Gasteiger partial charge in [-0.2, -0.15) is 0 Å². The lowest BCUT2D eigenvalue weighted by Gasteiger charge is -2.22. The third kappa shape index (κ3) is 4.87. The number of pyridine rings is 2. The largest absolute Gasteiger partial charge is 0.573 e. The molecule has 37 heavy (non-hydrogen) atoms. The Hall–Kier alpha value is -4.68. The Kier molecular flexibility index (Phi) is 5.90. The molecule has 0 atom stereocenters. The van der Waals surface area contributed by atoms with Gasteiger partial charge in [-0.1, -0.05) is 6.07 Å². The number of carbonyl (C=O) groups excluding carboxylic acids is 3. The maximum absolute atomic E-state index is 13.4. The SMILES string of the molecule is O=C(Nc1ccccn1)Nc1cnccc1CN1C(=O)N(c2ccc(OC(F)(F)F)cc2)C(=O)C12CC2. The van der Waals surface area contributed by atoms with E-state index in [1.165, 1.54) is 35.6 Å². The van der Waals surface area contributed by atoms with E-state index in [9.17, 15) is 27.6 Å². The maximum Gasteiger partial charge on any atom is 0.573 e. The molecule has 2 fully saturated rings. The van der Waals surface area contributed by atoms with Crippen molar-refractivity contribution in [1.82, 2.24) is 14.9 Å². The summed E-state index contributed by atoms with van der Waals surface area (Å²) < 4.78 is 41.3. The number of amides is 5. The lowest BCUT2D eigenvalue weighted by atomic mass is 10.1. The summed E-state index contributed by atoms with van der Waals surface area (Å²) in [4.78, 5) is 49.5. The van der Waals surface area contributed by atoms with Crippen LogP contribution in [0.25, 0.3) is 0 Å². The molecular formula is C24H19F3N6O4. The maximum atomic E-state index is 13.4. The Morgan fingerprint density at radius 1 is 1.03 bits per heavy atom. The summed E-state index contributed by atoms with van der Waals surface area (Å²) in [5.74, 6) is -0.590. The molecule has 5 rings (SSSR count). The average Bonchev–Trinajstić information content (AvgIpc) is 3.63. The van der Waals surface area contributed by atoms with Gasteiger partial charge in [-0.15, -0.1) is 13.2 Å². The summed E-state index contributed by atoms with van der Waals surface area (Å²) in [5, 5.41) is 5.27. The molecule has 190 valence electrons. The van der Waals surface area contributed by atoms with E-state index in [0.29, 0.717) is 29.9 Å². The molecule has 2 N–H and O–H groups in total. The van der Waals surface area contributed by atoms with Crippen molar-refractivity contribution in [3.63, 3.8) is 0 Å². The summed E-state index contributed by atoms with van der Waals surface area (Å²) in [6.45, 7) is -0.00192. The van der Waals surface area contributed by atoms with Gasteiger partial charge in [0.25, 0.3) is 5.91 Å². The van der Waals surface area contributed by atoms with Gasteiger partial charge in [-0.05, 0) is 60.9 Å². The van der Waals surface area contributed by atoms with Crippen molar-refractivity contribution in [2.24, 2.45) is 0 Å². The van der Waals surface area contributed by atoms with Crippen molar-refractivity contribution >= 4 is 35.2 Å². The number of carbonyl (C=O) groups is 3. The fraction of sp³-hybridized carbons (Fsp3) is 0.208. The Morgan fingerprint density at radius 3 is 2.43 bits per heavy atom. The lowest BCUT2D eigenvalue weighted by Crippen LogP contribution is -2.36. The van der Waals surface area contributed by atoms with Crippen LogP contribution in [-0.4, -0.2) is 44.7 Å². The minimum absolute atomic E-state index is 0.00192. The third-order valence-electron chi connectivity index (χ3n) is 5.99. The second-order valence-corrected chi connectivity index (χ2v) is 8.41. The molecule has 3 heterocycles. The van der Waals surface area contributed by atoms with Crippen molar-refractivity contribution in [2.45, 2.75) is 31.3 Å². The zero-order valence-corrected chi connectivity index (χ0v) is 19.0. The van der Waals surface area contributed by atoms with Gasteiger partial charge in [0.1, 0.15) is 17.1 Å². The molecule has 1 aliphatic heterocycles. The normalized spacial score (nSPS) is 16.2. The highest BCUT2D eigenvalue weighted by Gasteiger charge is 2.65. The van der Waals surface area contributed by atoms with Gasteiger partial charge in [0.15, 0.2) is 0 Å². The van der Waals surface area contributed by atoms with E-state index in [2.05, 4.69) is 25.3 Å². The third-order valence-corrected chi connectivity index (χ3v) is 5.99. The van der Waals surface area contributed by atoms with Gasteiger partial charge in [-0.3, -0.25) is 15.1 Å². The van der Waals surface area contributed by atoms with Crippen LogP contribution in [0.5, 0.6) is 5.75 Å². The molecule has 10 nitrogen and oxygen atoms in total. The number of imide groups is 1. The average molecular weight is 512 g/mol. The number of benzene rings is 1. The highest BCUT2D eigenvalue weighted by atomic mass is 19.4. The van der Waals surface area contributed by atoms with Crippen molar-refractivity contribution < 1.29 is 32.3 Å². The summed E-state index contributed by atoms with van der Waals surface area (Å²) >= 11 is 0. The smallest absolute Gasteiger partial charge is 0.406 e. The minimum Gasteiger partial charge on any atom is -0.406 e. The van der Waals surface area contributed by atoms with Crippen LogP contribution in [0.15, 0.2) is 67.1 Å². The topological polar surface area (TPSA) is 117 Å². The highest BCUT2D eigenvalue weighted by Crippen LogP contribution is 2.50. The first-order chi connectivity index (χ1) is 17.7. The van der Waals surface area contributed by atoms with Gasteiger partial charge < -0.3 is 15.0 Å². The molecule has 1 aromatic carbocycles. The van der Waals surface area contributed by atoms with Crippen LogP contribution < -0.4 is 20.3 Å². The monoisotopic (exact) mass is 512 g/mol. The molecule has 1 saturated heterocycles. The molecule has 5 amide bonds. The molecule has 1 saturated carbocycles. The Bertz CT molecular complexity index is 1350. The predicted octanol–water partition coefficient (Wildman–Crippen LogP) is 4.52. The first-order valence-corrected chi connectivity index (χ1v) is 11.1. The molecule has 2 aromatic heterocycles. The van der Waals surface area contributed by atoms with Gasteiger partial charge in [-0.25, -0.2) is 19.5 Å². The number of halogens is 3. The molecule has 1 spiro atoms. The van der Waals surface area contributed by atoms with Crippen LogP contribution in [0.4, 0.5) is 40.0 Å². The van der Waals surface area contributed by atoms with Crippen molar-refractivity contribution in [1.29, 1.82) is 0 Å². The number of urea groups is 2. The van der Waals surface area contributed by atoms with Crippen LogP contribution >= 0.6 is 0 Å². The number of rotatable bonds is 6. The van der Waals surface area contributed by atoms with E-state index in [-0.39, 0.29) is 12.2 Å². The lowest BCUT2D eigenvalue weighted by molar-refractivity contribution is -0.274. The van der Waals surface area contributed by atoms with E-state index in [1.54, 1.807) is 24.3 Å². The molecule has 0 bridgehead atoms. The molecule has 13 heteroatoms. The zero-order chi connectivity index (χ0) is 26.2. The van der Waals surface area contributed by atoms with Crippen LogP contribution in [0, 0.1) is 0 Å². The quantitative estimate of drug-likeness (QED) is 0.469.